The zero-order valence-electron chi connectivity index (χ0n) is 11.7. The highest BCUT2D eigenvalue weighted by Crippen LogP contribution is 2.27. The Bertz CT molecular complexity index is 419. The van der Waals surface area contributed by atoms with Crippen molar-refractivity contribution in [2.24, 2.45) is 5.73 Å². The summed E-state index contributed by atoms with van der Waals surface area (Å²) in [6.07, 6.45) is 2.15. The highest BCUT2D eigenvalue weighted by molar-refractivity contribution is 6.31. The molecule has 0 aromatic heterocycles. The van der Waals surface area contributed by atoms with E-state index in [0.29, 0.717) is 12.6 Å². The summed E-state index contributed by atoms with van der Waals surface area (Å²) >= 11 is 6.23. The van der Waals surface area contributed by atoms with Crippen LogP contribution >= 0.6 is 11.6 Å². The summed E-state index contributed by atoms with van der Waals surface area (Å²) in [6, 6.07) is 7.01. The molecule has 106 valence electrons. The molecule has 0 spiro atoms. The van der Waals surface area contributed by atoms with Crippen LogP contribution < -0.4 is 5.73 Å². The molecular weight excluding hydrogens is 260 g/mol. The maximum absolute atomic E-state index is 6.23. The lowest BCUT2D eigenvalue weighted by atomic mass is 9.99. The van der Waals surface area contributed by atoms with Gasteiger partial charge in [-0.1, -0.05) is 23.7 Å². The third kappa shape index (κ3) is 3.48. The van der Waals surface area contributed by atoms with Crippen molar-refractivity contribution in [3.05, 3.63) is 34.3 Å². The Morgan fingerprint density at radius 3 is 2.68 bits per heavy atom. The second-order valence-corrected chi connectivity index (χ2v) is 5.68. The number of benzene rings is 1. The molecule has 3 nitrogen and oxygen atoms in total. The largest absolute Gasteiger partial charge is 0.381 e. The van der Waals surface area contributed by atoms with Crippen molar-refractivity contribution in [1.82, 2.24) is 4.90 Å². The number of aryl methyl sites for hydroxylation is 1. The number of halogens is 1. The Morgan fingerprint density at radius 1 is 1.42 bits per heavy atom. The smallest absolute Gasteiger partial charge is 0.0480 e. The molecule has 2 rings (SSSR count). The molecule has 1 atom stereocenters. The van der Waals surface area contributed by atoms with Crippen LogP contribution in [0.15, 0.2) is 18.2 Å². The molecule has 1 aromatic carbocycles. The summed E-state index contributed by atoms with van der Waals surface area (Å²) < 4.78 is 5.42. The quantitative estimate of drug-likeness (QED) is 0.923. The third-order valence-corrected chi connectivity index (χ3v) is 4.47. The van der Waals surface area contributed by atoms with Crippen molar-refractivity contribution in [2.75, 3.05) is 26.8 Å². The molecule has 1 fully saturated rings. The van der Waals surface area contributed by atoms with Gasteiger partial charge < -0.3 is 10.5 Å². The van der Waals surface area contributed by atoms with Gasteiger partial charge in [-0.15, -0.1) is 0 Å². The Balaban J connectivity index is 2.15. The maximum Gasteiger partial charge on any atom is 0.0480 e. The van der Waals surface area contributed by atoms with E-state index in [4.69, 9.17) is 22.1 Å². The number of likely N-dealkylation sites (N-methyl/N-ethyl adjacent to an activating group) is 1. The lowest BCUT2D eigenvalue weighted by Gasteiger charge is -2.37. The monoisotopic (exact) mass is 282 g/mol. The topological polar surface area (TPSA) is 38.5 Å². The average molecular weight is 283 g/mol. The van der Waals surface area contributed by atoms with E-state index in [9.17, 15) is 0 Å². The summed E-state index contributed by atoms with van der Waals surface area (Å²) in [7, 11) is 2.15. The van der Waals surface area contributed by atoms with Crippen LogP contribution in [0.5, 0.6) is 0 Å². The van der Waals surface area contributed by atoms with Gasteiger partial charge in [0.15, 0.2) is 0 Å². The minimum absolute atomic E-state index is 0.223. The highest BCUT2D eigenvalue weighted by atomic mass is 35.5. The van der Waals surface area contributed by atoms with Crippen molar-refractivity contribution in [3.8, 4) is 0 Å². The van der Waals surface area contributed by atoms with Crippen LogP contribution in [0, 0.1) is 6.92 Å². The molecule has 1 aliphatic heterocycles. The molecule has 1 saturated heterocycles. The van der Waals surface area contributed by atoms with Gasteiger partial charge in [0.1, 0.15) is 0 Å². The molecule has 19 heavy (non-hydrogen) atoms. The van der Waals surface area contributed by atoms with Gasteiger partial charge in [0.25, 0.3) is 0 Å². The fourth-order valence-corrected chi connectivity index (χ4v) is 2.89. The van der Waals surface area contributed by atoms with Gasteiger partial charge >= 0.3 is 0 Å². The molecule has 0 radical (unpaired) electrons. The number of rotatable bonds is 4. The minimum atomic E-state index is 0.223. The van der Waals surface area contributed by atoms with Crippen LogP contribution in [0.4, 0.5) is 0 Å². The molecular formula is C15H23ClN2O. The van der Waals surface area contributed by atoms with Crippen molar-refractivity contribution in [3.63, 3.8) is 0 Å². The first kappa shape index (κ1) is 14.8. The zero-order valence-corrected chi connectivity index (χ0v) is 12.5. The van der Waals surface area contributed by atoms with Crippen LogP contribution in [-0.2, 0) is 4.74 Å². The van der Waals surface area contributed by atoms with E-state index in [1.165, 1.54) is 5.56 Å². The van der Waals surface area contributed by atoms with Crippen molar-refractivity contribution in [1.29, 1.82) is 0 Å². The second-order valence-electron chi connectivity index (χ2n) is 5.27. The predicted molar refractivity (Wildman–Crippen MR) is 79.6 cm³/mol. The third-order valence-electron chi connectivity index (χ3n) is 4.06. The van der Waals surface area contributed by atoms with E-state index in [1.54, 1.807) is 0 Å². The zero-order chi connectivity index (χ0) is 13.8. The van der Waals surface area contributed by atoms with Crippen LogP contribution in [0.3, 0.4) is 0 Å². The van der Waals surface area contributed by atoms with Gasteiger partial charge in [-0.05, 0) is 44.0 Å². The molecule has 1 aliphatic rings. The number of ether oxygens (including phenoxy) is 1. The van der Waals surface area contributed by atoms with E-state index in [1.807, 2.05) is 13.0 Å². The highest BCUT2D eigenvalue weighted by Gasteiger charge is 2.25. The van der Waals surface area contributed by atoms with Gasteiger partial charge in [-0.3, -0.25) is 4.90 Å². The fraction of sp³-hybridized carbons (Fsp3) is 0.600. The molecule has 1 aromatic rings. The van der Waals surface area contributed by atoms with Crippen molar-refractivity contribution >= 4 is 11.6 Å². The predicted octanol–water partition coefficient (Wildman–Crippen LogP) is 2.76. The molecule has 2 N–H and O–H groups in total. The maximum atomic E-state index is 6.23. The molecule has 0 bridgehead atoms. The number of hydrogen-bond acceptors (Lipinski definition) is 3. The molecule has 0 amide bonds. The van der Waals surface area contributed by atoms with E-state index < -0.39 is 0 Å². The summed E-state index contributed by atoms with van der Waals surface area (Å²) in [6.45, 7) is 4.32. The standard InChI is InChI=1S/C15H23ClN2O/c1-11-3-4-12(9-14(11)16)15(10-17)18(2)13-5-7-19-8-6-13/h3-4,9,13,15H,5-8,10,17H2,1-2H3. The molecule has 4 heteroatoms. The number of nitrogens with zero attached hydrogens (tertiary/aromatic N) is 1. The second kappa shape index (κ2) is 6.71. The number of hydrogen-bond donors (Lipinski definition) is 1. The molecule has 0 saturated carbocycles. The number of nitrogens with two attached hydrogens (primary N) is 1. The minimum Gasteiger partial charge on any atom is -0.381 e. The van der Waals surface area contributed by atoms with Crippen LogP contribution in [-0.4, -0.2) is 37.7 Å². The van der Waals surface area contributed by atoms with Crippen LogP contribution in [0.1, 0.15) is 30.0 Å². The molecule has 1 heterocycles. The van der Waals surface area contributed by atoms with Crippen molar-refractivity contribution in [2.45, 2.75) is 31.8 Å². The first-order valence-corrected chi connectivity index (χ1v) is 7.27. The Kier molecular flexibility index (Phi) is 5.22. The summed E-state index contributed by atoms with van der Waals surface area (Å²) in [5, 5.41) is 0.816. The summed E-state index contributed by atoms with van der Waals surface area (Å²) in [5.74, 6) is 0. The van der Waals surface area contributed by atoms with E-state index in [2.05, 4.69) is 24.1 Å². The molecule has 1 unspecified atom stereocenters. The SMILES string of the molecule is Cc1ccc(C(CN)N(C)C2CCOCC2)cc1Cl. The van der Waals surface area contributed by atoms with Gasteiger partial charge in [0, 0.05) is 36.9 Å². The Labute approximate surface area is 120 Å². The first-order valence-electron chi connectivity index (χ1n) is 6.89. The lowest BCUT2D eigenvalue weighted by molar-refractivity contribution is 0.0294. The summed E-state index contributed by atoms with van der Waals surface area (Å²) in [4.78, 5) is 2.38. The van der Waals surface area contributed by atoms with Crippen molar-refractivity contribution < 1.29 is 4.74 Å². The Morgan fingerprint density at radius 2 is 2.11 bits per heavy atom. The van der Waals surface area contributed by atoms with Gasteiger partial charge in [0.2, 0.25) is 0 Å². The van der Waals surface area contributed by atoms with Crippen LogP contribution in [0.25, 0.3) is 0 Å². The summed E-state index contributed by atoms with van der Waals surface area (Å²) in [5.41, 5.74) is 8.29. The van der Waals surface area contributed by atoms with Gasteiger partial charge in [0.05, 0.1) is 0 Å². The molecule has 0 aliphatic carbocycles. The first-order chi connectivity index (χ1) is 9.13. The van der Waals surface area contributed by atoms with Gasteiger partial charge in [-0.2, -0.15) is 0 Å². The lowest BCUT2D eigenvalue weighted by Crippen LogP contribution is -2.41. The van der Waals surface area contributed by atoms with E-state index in [-0.39, 0.29) is 6.04 Å². The fourth-order valence-electron chi connectivity index (χ4n) is 2.70. The normalized spacial score (nSPS) is 18.8. The average Bonchev–Trinajstić information content (AvgIpc) is 2.44. The van der Waals surface area contributed by atoms with E-state index >= 15 is 0 Å². The Hall–Kier alpha value is -0.610. The van der Waals surface area contributed by atoms with E-state index in [0.717, 1.165) is 36.6 Å². The van der Waals surface area contributed by atoms with Crippen LogP contribution in [0.2, 0.25) is 5.02 Å². The van der Waals surface area contributed by atoms with Gasteiger partial charge in [-0.25, -0.2) is 0 Å².